The number of esters is 1. The highest BCUT2D eigenvalue weighted by molar-refractivity contribution is 5.94. The lowest BCUT2D eigenvalue weighted by atomic mass is 10.1. The molecule has 0 aliphatic carbocycles. The molecule has 0 aliphatic rings. The van der Waals surface area contributed by atoms with Crippen molar-refractivity contribution in [1.82, 2.24) is 9.97 Å². The topological polar surface area (TPSA) is 82.6 Å². The van der Waals surface area contributed by atoms with Crippen LogP contribution in [0.25, 0.3) is 10.9 Å². The van der Waals surface area contributed by atoms with Crippen molar-refractivity contribution in [3.05, 3.63) is 53.9 Å². The fourth-order valence-electron chi connectivity index (χ4n) is 3.07. The zero-order chi connectivity index (χ0) is 21.3. The first-order valence-corrected chi connectivity index (χ1v) is 10.2. The molecule has 0 saturated carbocycles. The van der Waals surface area contributed by atoms with Crippen molar-refractivity contribution in [3.8, 4) is 11.5 Å². The highest BCUT2D eigenvalue weighted by atomic mass is 16.5. The minimum Gasteiger partial charge on any atom is -0.490 e. The van der Waals surface area contributed by atoms with E-state index in [0.29, 0.717) is 31.1 Å². The fourth-order valence-corrected chi connectivity index (χ4v) is 3.07. The molecular formula is C23H27N3O4. The summed E-state index contributed by atoms with van der Waals surface area (Å²) >= 11 is 0. The second-order valence-corrected chi connectivity index (χ2v) is 6.46. The number of nitrogens with one attached hydrogen (secondary N) is 1. The summed E-state index contributed by atoms with van der Waals surface area (Å²) in [7, 11) is 0. The second kappa shape index (κ2) is 10.4. The van der Waals surface area contributed by atoms with E-state index in [-0.39, 0.29) is 12.4 Å². The molecule has 0 unspecified atom stereocenters. The van der Waals surface area contributed by atoms with Crippen molar-refractivity contribution in [2.24, 2.45) is 0 Å². The van der Waals surface area contributed by atoms with Crippen LogP contribution in [0.15, 0.2) is 42.5 Å². The third-order valence-corrected chi connectivity index (χ3v) is 4.38. The molecule has 1 N–H and O–H groups in total. The molecule has 30 heavy (non-hydrogen) atoms. The van der Waals surface area contributed by atoms with Crippen LogP contribution in [0.4, 0.5) is 5.82 Å². The van der Waals surface area contributed by atoms with Crippen LogP contribution in [-0.2, 0) is 11.2 Å². The van der Waals surface area contributed by atoms with Gasteiger partial charge in [-0.15, -0.1) is 0 Å². The van der Waals surface area contributed by atoms with E-state index in [4.69, 9.17) is 14.2 Å². The third kappa shape index (κ3) is 5.17. The van der Waals surface area contributed by atoms with Crippen LogP contribution in [0.2, 0.25) is 0 Å². The highest BCUT2D eigenvalue weighted by Crippen LogP contribution is 2.29. The Hall–Kier alpha value is -3.35. The Balaban J connectivity index is 1.77. The van der Waals surface area contributed by atoms with Gasteiger partial charge in [0.05, 0.1) is 25.3 Å². The largest absolute Gasteiger partial charge is 0.490 e. The SMILES string of the molecule is CCOC(=O)c1nc(NCCc2ccc(OCC)c(OCC)c2)c2ccccc2n1. The molecule has 0 saturated heterocycles. The number of aromatic nitrogens is 2. The normalized spacial score (nSPS) is 10.6. The van der Waals surface area contributed by atoms with E-state index < -0.39 is 5.97 Å². The average Bonchev–Trinajstić information content (AvgIpc) is 2.76. The molecule has 158 valence electrons. The lowest BCUT2D eigenvalue weighted by molar-refractivity contribution is 0.0512. The number of carbonyl (C=O) groups excluding carboxylic acids is 1. The summed E-state index contributed by atoms with van der Waals surface area (Å²) in [6, 6.07) is 13.5. The molecule has 3 aromatic rings. The van der Waals surface area contributed by atoms with E-state index in [2.05, 4.69) is 15.3 Å². The number of rotatable bonds is 10. The lowest BCUT2D eigenvalue weighted by Gasteiger charge is -2.13. The Labute approximate surface area is 176 Å². The summed E-state index contributed by atoms with van der Waals surface area (Å²) in [6.07, 6.45) is 0.750. The number of hydrogen-bond donors (Lipinski definition) is 1. The molecule has 0 atom stereocenters. The van der Waals surface area contributed by atoms with Gasteiger partial charge in [-0.3, -0.25) is 0 Å². The molecule has 1 aromatic heterocycles. The van der Waals surface area contributed by atoms with Gasteiger partial charge in [0.15, 0.2) is 11.5 Å². The monoisotopic (exact) mass is 409 g/mol. The Morgan fingerprint density at radius 2 is 1.70 bits per heavy atom. The summed E-state index contributed by atoms with van der Waals surface area (Å²) in [5.74, 6) is 1.63. The summed E-state index contributed by atoms with van der Waals surface area (Å²) in [6.45, 7) is 7.72. The van der Waals surface area contributed by atoms with Gasteiger partial charge in [0.25, 0.3) is 0 Å². The van der Waals surface area contributed by atoms with E-state index >= 15 is 0 Å². The van der Waals surface area contributed by atoms with Crippen molar-refractivity contribution in [2.75, 3.05) is 31.7 Å². The molecule has 0 aliphatic heterocycles. The number of anilines is 1. The maximum absolute atomic E-state index is 12.1. The van der Waals surface area contributed by atoms with E-state index in [0.717, 1.165) is 28.9 Å². The van der Waals surface area contributed by atoms with Crippen LogP contribution in [0.3, 0.4) is 0 Å². The van der Waals surface area contributed by atoms with Gasteiger partial charge in [0.1, 0.15) is 5.82 Å². The lowest BCUT2D eigenvalue weighted by Crippen LogP contribution is -2.13. The molecule has 0 fully saturated rings. The minimum absolute atomic E-state index is 0.0535. The molecule has 0 amide bonds. The molecule has 7 nitrogen and oxygen atoms in total. The average molecular weight is 409 g/mol. The van der Waals surface area contributed by atoms with Gasteiger partial charge in [0.2, 0.25) is 5.82 Å². The van der Waals surface area contributed by atoms with Crippen LogP contribution in [0.1, 0.15) is 37.0 Å². The van der Waals surface area contributed by atoms with Crippen LogP contribution < -0.4 is 14.8 Å². The number of hydrogen-bond acceptors (Lipinski definition) is 7. The van der Waals surface area contributed by atoms with Crippen molar-refractivity contribution >= 4 is 22.7 Å². The van der Waals surface area contributed by atoms with Gasteiger partial charge in [-0.2, -0.15) is 0 Å². The molecule has 0 bridgehead atoms. The van der Waals surface area contributed by atoms with Gasteiger partial charge >= 0.3 is 5.97 Å². The van der Waals surface area contributed by atoms with E-state index in [1.807, 2.05) is 56.3 Å². The Kier molecular flexibility index (Phi) is 7.43. The van der Waals surface area contributed by atoms with E-state index in [9.17, 15) is 4.79 Å². The van der Waals surface area contributed by atoms with Gasteiger partial charge < -0.3 is 19.5 Å². The molecule has 2 aromatic carbocycles. The zero-order valence-electron chi connectivity index (χ0n) is 17.6. The van der Waals surface area contributed by atoms with Gasteiger partial charge in [-0.25, -0.2) is 14.8 Å². The van der Waals surface area contributed by atoms with Crippen molar-refractivity contribution < 1.29 is 19.0 Å². The van der Waals surface area contributed by atoms with E-state index in [1.54, 1.807) is 6.92 Å². The number of carbonyl (C=O) groups is 1. The first-order valence-electron chi connectivity index (χ1n) is 10.2. The summed E-state index contributed by atoms with van der Waals surface area (Å²) in [5.41, 5.74) is 1.80. The number of fused-ring (bicyclic) bond motifs is 1. The number of para-hydroxylation sites is 1. The summed E-state index contributed by atoms with van der Waals surface area (Å²) in [5, 5.41) is 4.19. The summed E-state index contributed by atoms with van der Waals surface area (Å²) < 4.78 is 16.4. The number of nitrogens with zero attached hydrogens (tertiary/aromatic N) is 2. The van der Waals surface area contributed by atoms with Crippen molar-refractivity contribution in [3.63, 3.8) is 0 Å². The predicted octanol–water partition coefficient (Wildman–Crippen LogP) is 4.26. The van der Waals surface area contributed by atoms with Gasteiger partial charge in [-0.1, -0.05) is 18.2 Å². The number of ether oxygens (including phenoxy) is 3. The zero-order valence-corrected chi connectivity index (χ0v) is 17.6. The Morgan fingerprint density at radius 3 is 2.47 bits per heavy atom. The third-order valence-electron chi connectivity index (χ3n) is 4.38. The quantitative estimate of drug-likeness (QED) is 0.501. The number of benzene rings is 2. The van der Waals surface area contributed by atoms with Crippen LogP contribution in [0, 0.1) is 0 Å². The minimum atomic E-state index is -0.529. The van der Waals surface area contributed by atoms with Gasteiger partial charge in [0, 0.05) is 11.9 Å². The first kappa shape index (κ1) is 21.4. The fraction of sp³-hybridized carbons (Fsp3) is 0.348. The molecule has 7 heteroatoms. The maximum Gasteiger partial charge on any atom is 0.376 e. The predicted molar refractivity (Wildman–Crippen MR) is 116 cm³/mol. The molecular weight excluding hydrogens is 382 g/mol. The van der Waals surface area contributed by atoms with Crippen molar-refractivity contribution in [2.45, 2.75) is 27.2 Å². The second-order valence-electron chi connectivity index (χ2n) is 6.46. The molecule has 1 heterocycles. The molecule has 0 radical (unpaired) electrons. The smallest absolute Gasteiger partial charge is 0.376 e. The van der Waals surface area contributed by atoms with Crippen LogP contribution >= 0.6 is 0 Å². The van der Waals surface area contributed by atoms with Crippen molar-refractivity contribution in [1.29, 1.82) is 0 Å². The van der Waals surface area contributed by atoms with E-state index in [1.165, 1.54) is 0 Å². The van der Waals surface area contributed by atoms with Crippen LogP contribution in [0.5, 0.6) is 11.5 Å². The summed E-state index contributed by atoms with van der Waals surface area (Å²) in [4.78, 5) is 20.8. The molecule has 3 rings (SSSR count). The standard InChI is InChI=1S/C23H27N3O4/c1-4-28-19-12-11-16(15-20(19)29-5-2)13-14-24-21-17-9-7-8-10-18(17)25-22(26-21)23(27)30-6-3/h7-12,15H,4-6,13-14H2,1-3H3,(H,24,25,26). The Bertz CT molecular complexity index is 1010. The Morgan fingerprint density at radius 1 is 0.933 bits per heavy atom. The molecule has 0 spiro atoms. The van der Waals surface area contributed by atoms with Gasteiger partial charge in [-0.05, 0) is 57.0 Å². The highest BCUT2D eigenvalue weighted by Gasteiger charge is 2.15. The maximum atomic E-state index is 12.1. The first-order chi connectivity index (χ1) is 14.7. The van der Waals surface area contributed by atoms with Crippen LogP contribution in [-0.4, -0.2) is 42.3 Å².